The molecule has 25 heavy (non-hydrogen) atoms. The number of benzene rings is 1. The summed E-state index contributed by atoms with van der Waals surface area (Å²) in [7, 11) is 0. The van der Waals surface area contributed by atoms with Crippen molar-refractivity contribution in [2.24, 2.45) is 11.7 Å². The highest BCUT2D eigenvalue weighted by Gasteiger charge is 2.24. The van der Waals surface area contributed by atoms with Crippen LogP contribution in [0.2, 0.25) is 0 Å². The fourth-order valence-corrected chi connectivity index (χ4v) is 3.04. The molecule has 2 unspecified atom stereocenters. The molecule has 1 aliphatic rings. The number of nitrogens with one attached hydrogen (secondary N) is 1. The molecule has 1 amide bonds. The van der Waals surface area contributed by atoms with Crippen LogP contribution in [0.4, 0.5) is 0 Å². The predicted octanol–water partition coefficient (Wildman–Crippen LogP) is 1.80. The first-order valence-corrected chi connectivity index (χ1v) is 8.99. The van der Waals surface area contributed by atoms with Gasteiger partial charge in [0.15, 0.2) is 6.61 Å². The normalized spacial score (nSPS) is 19.9. The molecule has 0 saturated heterocycles. The van der Waals surface area contributed by atoms with E-state index in [2.05, 4.69) is 5.32 Å². The van der Waals surface area contributed by atoms with E-state index in [1.807, 2.05) is 24.3 Å². The molecule has 6 nitrogen and oxygen atoms in total. The zero-order valence-electron chi connectivity index (χ0n) is 14.8. The fraction of sp³-hybridized carbons (Fsp3) is 0.579. The maximum atomic E-state index is 12.2. The largest absolute Gasteiger partial charge is 0.482 e. The Morgan fingerprint density at radius 1 is 1.24 bits per heavy atom. The Balaban J connectivity index is 1.69. The van der Waals surface area contributed by atoms with Crippen LogP contribution in [0.3, 0.4) is 0 Å². The Kier molecular flexibility index (Phi) is 7.73. The van der Waals surface area contributed by atoms with Gasteiger partial charge in [0.05, 0.1) is 6.61 Å². The summed E-state index contributed by atoms with van der Waals surface area (Å²) in [6, 6.07) is 7.66. The molecule has 0 heterocycles. The Bertz CT molecular complexity index is 559. The van der Waals surface area contributed by atoms with Crippen molar-refractivity contribution in [1.29, 1.82) is 0 Å². The van der Waals surface area contributed by atoms with E-state index in [1.54, 1.807) is 6.92 Å². The van der Waals surface area contributed by atoms with E-state index < -0.39 is 0 Å². The molecule has 2 rings (SSSR count). The molecule has 138 valence electrons. The minimum Gasteiger partial charge on any atom is -0.482 e. The highest BCUT2D eigenvalue weighted by Crippen LogP contribution is 2.23. The van der Waals surface area contributed by atoms with Crippen molar-refractivity contribution in [3.05, 3.63) is 29.8 Å². The lowest BCUT2D eigenvalue weighted by Gasteiger charge is -2.25. The van der Waals surface area contributed by atoms with Crippen LogP contribution in [0.25, 0.3) is 0 Å². The summed E-state index contributed by atoms with van der Waals surface area (Å²) in [6.45, 7) is 2.62. The molecule has 0 spiro atoms. The maximum Gasteiger partial charge on any atom is 0.344 e. The minimum absolute atomic E-state index is 0.0578. The number of esters is 1. The Morgan fingerprint density at radius 3 is 2.68 bits per heavy atom. The minimum atomic E-state index is -0.378. The fourth-order valence-electron chi connectivity index (χ4n) is 3.04. The van der Waals surface area contributed by atoms with Gasteiger partial charge in [0, 0.05) is 18.5 Å². The second kappa shape index (κ2) is 10.0. The van der Waals surface area contributed by atoms with Crippen LogP contribution in [0.15, 0.2) is 24.3 Å². The lowest BCUT2D eigenvalue weighted by molar-refractivity contribution is -0.145. The molecule has 1 aliphatic carbocycles. The summed E-state index contributed by atoms with van der Waals surface area (Å²) >= 11 is 0. The van der Waals surface area contributed by atoms with Gasteiger partial charge in [-0.2, -0.15) is 0 Å². The van der Waals surface area contributed by atoms with Crippen molar-refractivity contribution in [2.45, 2.75) is 45.1 Å². The SMILES string of the molecule is CCOC(=O)COc1ccc(CCNC(=O)C2CCCC(N)C2)cc1. The first-order valence-electron chi connectivity index (χ1n) is 8.99. The summed E-state index contributed by atoms with van der Waals surface area (Å²) < 4.78 is 10.2. The predicted molar refractivity (Wildman–Crippen MR) is 95.2 cm³/mol. The topological polar surface area (TPSA) is 90.6 Å². The third-order valence-corrected chi connectivity index (χ3v) is 4.38. The molecule has 0 bridgehead atoms. The van der Waals surface area contributed by atoms with E-state index in [9.17, 15) is 9.59 Å². The van der Waals surface area contributed by atoms with Gasteiger partial charge in [-0.1, -0.05) is 18.6 Å². The standard InChI is InChI=1S/C19H28N2O4/c1-2-24-18(22)13-25-17-8-6-14(7-9-17)10-11-21-19(23)15-4-3-5-16(20)12-15/h6-9,15-16H,2-5,10-13,20H2,1H3,(H,21,23). The number of amides is 1. The molecule has 1 fully saturated rings. The zero-order chi connectivity index (χ0) is 18.1. The lowest BCUT2D eigenvalue weighted by atomic mass is 9.85. The number of ether oxygens (including phenoxy) is 2. The van der Waals surface area contributed by atoms with Crippen LogP contribution in [0.1, 0.15) is 38.2 Å². The van der Waals surface area contributed by atoms with Crippen molar-refractivity contribution >= 4 is 11.9 Å². The van der Waals surface area contributed by atoms with E-state index >= 15 is 0 Å². The van der Waals surface area contributed by atoms with Crippen LogP contribution >= 0.6 is 0 Å². The first-order chi connectivity index (χ1) is 12.1. The van der Waals surface area contributed by atoms with Gasteiger partial charge in [-0.15, -0.1) is 0 Å². The number of nitrogens with two attached hydrogens (primary N) is 1. The molecule has 3 N–H and O–H groups in total. The molecule has 1 aromatic carbocycles. The van der Waals surface area contributed by atoms with Crippen molar-refractivity contribution in [1.82, 2.24) is 5.32 Å². The summed E-state index contributed by atoms with van der Waals surface area (Å²) in [6.07, 6.45) is 4.54. The van der Waals surface area contributed by atoms with E-state index in [1.165, 1.54) is 0 Å². The second-order valence-corrected chi connectivity index (χ2v) is 6.40. The summed E-state index contributed by atoms with van der Waals surface area (Å²) in [5.74, 6) is 0.417. The van der Waals surface area contributed by atoms with Gasteiger partial charge in [0.25, 0.3) is 0 Å². The van der Waals surface area contributed by atoms with E-state index in [0.29, 0.717) is 18.9 Å². The van der Waals surface area contributed by atoms with Gasteiger partial charge in [-0.3, -0.25) is 4.79 Å². The van der Waals surface area contributed by atoms with Crippen molar-refractivity contribution in [2.75, 3.05) is 19.8 Å². The second-order valence-electron chi connectivity index (χ2n) is 6.40. The van der Waals surface area contributed by atoms with Crippen molar-refractivity contribution in [3.8, 4) is 5.75 Å². The third kappa shape index (κ3) is 6.74. The highest BCUT2D eigenvalue weighted by molar-refractivity contribution is 5.78. The van der Waals surface area contributed by atoms with E-state index in [4.69, 9.17) is 15.2 Å². The Hall–Kier alpha value is -2.08. The zero-order valence-corrected chi connectivity index (χ0v) is 14.8. The molecule has 1 saturated carbocycles. The Labute approximate surface area is 149 Å². The molecule has 0 aliphatic heterocycles. The van der Waals surface area contributed by atoms with Crippen LogP contribution < -0.4 is 15.8 Å². The number of hydrogen-bond donors (Lipinski definition) is 2. The molecule has 1 aromatic rings. The summed E-state index contributed by atoms with van der Waals surface area (Å²) in [5, 5.41) is 3.00. The van der Waals surface area contributed by atoms with E-state index in [0.717, 1.165) is 37.7 Å². The van der Waals surface area contributed by atoms with Crippen LogP contribution in [0.5, 0.6) is 5.75 Å². The van der Waals surface area contributed by atoms with Gasteiger partial charge in [0.2, 0.25) is 5.91 Å². The number of carbonyl (C=O) groups excluding carboxylic acids is 2. The molecule has 6 heteroatoms. The monoisotopic (exact) mass is 348 g/mol. The number of rotatable bonds is 8. The number of carbonyl (C=O) groups is 2. The third-order valence-electron chi connectivity index (χ3n) is 4.38. The average Bonchev–Trinajstić information content (AvgIpc) is 2.61. The van der Waals surface area contributed by atoms with Gasteiger partial charge in [0.1, 0.15) is 5.75 Å². The molecule has 0 radical (unpaired) electrons. The molecule has 2 atom stereocenters. The summed E-state index contributed by atoms with van der Waals surface area (Å²) in [5.41, 5.74) is 7.04. The van der Waals surface area contributed by atoms with Gasteiger partial charge in [-0.25, -0.2) is 4.79 Å². The number of hydrogen-bond acceptors (Lipinski definition) is 5. The van der Waals surface area contributed by atoms with Crippen LogP contribution in [-0.4, -0.2) is 37.7 Å². The molecular formula is C19H28N2O4. The van der Waals surface area contributed by atoms with Gasteiger partial charge in [-0.05, 0) is 50.3 Å². The Morgan fingerprint density at radius 2 is 2.00 bits per heavy atom. The van der Waals surface area contributed by atoms with E-state index in [-0.39, 0.29) is 30.4 Å². The van der Waals surface area contributed by atoms with Crippen LogP contribution in [0, 0.1) is 5.92 Å². The van der Waals surface area contributed by atoms with Crippen molar-refractivity contribution in [3.63, 3.8) is 0 Å². The summed E-state index contributed by atoms with van der Waals surface area (Å²) in [4.78, 5) is 23.4. The first kappa shape index (κ1) is 19.2. The smallest absolute Gasteiger partial charge is 0.344 e. The quantitative estimate of drug-likeness (QED) is 0.699. The van der Waals surface area contributed by atoms with Gasteiger partial charge < -0.3 is 20.5 Å². The maximum absolute atomic E-state index is 12.2. The highest BCUT2D eigenvalue weighted by atomic mass is 16.6. The average molecular weight is 348 g/mol. The molecule has 0 aromatic heterocycles. The van der Waals surface area contributed by atoms with Crippen LogP contribution in [-0.2, 0) is 20.7 Å². The molecular weight excluding hydrogens is 320 g/mol. The van der Waals surface area contributed by atoms with Gasteiger partial charge >= 0.3 is 5.97 Å². The van der Waals surface area contributed by atoms with Crippen molar-refractivity contribution < 1.29 is 19.1 Å². The lowest BCUT2D eigenvalue weighted by Crippen LogP contribution is -2.38.